The van der Waals surface area contributed by atoms with Gasteiger partial charge in [-0.25, -0.2) is 0 Å². The number of fused-ring (bicyclic) bond motifs is 1. The molecule has 0 amide bonds. The number of nitrogens with zero attached hydrogens (tertiary/aromatic N) is 1. The highest BCUT2D eigenvalue weighted by Crippen LogP contribution is 2.35. The second-order valence-electron chi connectivity index (χ2n) is 8.11. The second kappa shape index (κ2) is 8.63. The molecule has 3 aromatic rings. The predicted octanol–water partition coefficient (Wildman–Crippen LogP) is 1.39. The molecule has 7 heteroatoms. The molecular weight excluding hydrogens is 398 g/mol. The zero-order valence-corrected chi connectivity index (χ0v) is 17.4. The van der Waals surface area contributed by atoms with Gasteiger partial charge in [-0.15, -0.1) is 0 Å². The van der Waals surface area contributed by atoms with Crippen LogP contribution in [0.2, 0.25) is 0 Å². The van der Waals surface area contributed by atoms with E-state index in [0.717, 1.165) is 33.2 Å². The number of hydrogen-bond donors (Lipinski definition) is 5. The molecular formula is C24H27NO6. The molecule has 7 nitrogen and oxygen atoms in total. The van der Waals surface area contributed by atoms with Gasteiger partial charge in [-0.2, -0.15) is 0 Å². The molecule has 6 atom stereocenters. The molecule has 1 aromatic heterocycles. The van der Waals surface area contributed by atoms with Crippen LogP contribution in [0.25, 0.3) is 21.9 Å². The minimum absolute atomic E-state index is 0.533. The summed E-state index contributed by atoms with van der Waals surface area (Å²) in [5, 5.41) is 52.8. The number of pyridine rings is 1. The lowest BCUT2D eigenvalue weighted by Gasteiger charge is -2.42. The molecule has 1 aliphatic rings. The summed E-state index contributed by atoms with van der Waals surface area (Å²) >= 11 is 0. The summed E-state index contributed by atoms with van der Waals surface area (Å²) in [4.78, 5) is 4.35. The topological polar surface area (TPSA) is 123 Å². The van der Waals surface area contributed by atoms with Crippen LogP contribution in [0.15, 0.2) is 48.7 Å². The van der Waals surface area contributed by atoms with Crippen molar-refractivity contribution in [2.75, 3.05) is 6.61 Å². The largest absolute Gasteiger partial charge is 0.394 e. The first-order chi connectivity index (χ1) is 14.8. The predicted molar refractivity (Wildman–Crippen MR) is 115 cm³/mol. The number of benzene rings is 2. The number of aromatic nitrogens is 1. The summed E-state index contributed by atoms with van der Waals surface area (Å²) in [5.41, 5.74) is 4.28. The van der Waals surface area contributed by atoms with E-state index in [0.29, 0.717) is 5.56 Å². The smallest absolute Gasteiger partial charge is 0.117 e. The van der Waals surface area contributed by atoms with E-state index in [1.165, 1.54) is 0 Å². The van der Waals surface area contributed by atoms with Crippen molar-refractivity contribution in [1.82, 2.24) is 4.98 Å². The Balaban J connectivity index is 1.68. The first kappa shape index (κ1) is 21.8. The minimum atomic E-state index is -1.53. The maximum absolute atomic E-state index is 10.9. The highest BCUT2D eigenvalue weighted by atomic mass is 16.6. The van der Waals surface area contributed by atoms with Gasteiger partial charge in [-0.3, -0.25) is 4.98 Å². The molecule has 0 bridgehead atoms. The number of rotatable bonds is 4. The van der Waals surface area contributed by atoms with Crippen LogP contribution in [0.3, 0.4) is 0 Å². The Bertz CT molecular complexity index is 1080. The Morgan fingerprint density at radius 2 is 1.74 bits per heavy atom. The SMILES string of the molecule is Cc1cc(-c2cccc3c(C)nccc23)ccc1[C@@H](O)[C@H]1OC(CO)[C@@H](O)[C@H](O)C1O. The van der Waals surface area contributed by atoms with Crippen LogP contribution >= 0.6 is 0 Å². The van der Waals surface area contributed by atoms with E-state index in [-0.39, 0.29) is 0 Å². The van der Waals surface area contributed by atoms with E-state index in [1.807, 2.05) is 50.2 Å². The Kier molecular flexibility index (Phi) is 6.07. The van der Waals surface area contributed by atoms with Crippen molar-refractivity contribution in [3.63, 3.8) is 0 Å². The third-order valence-electron chi connectivity index (χ3n) is 6.15. The van der Waals surface area contributed by atoms with Crippen LogP contribution < -0.4 is 0 Å². The fourth-order valence-electron chi connectivity index (χ4n) is 4.35. The summed E-state index contributed by atoms with van der Waals surface area (Å²) < 4.78 is 5.52. The Morgan fingerprint density at radius 1 is 0.968 bits per heavy atom. The van der Waals surface area contributed by atoms with Crippen molar-refractivity contribution < 1.29 is 30.3 Å². The molecule has 2 heterocycles. The second-order valence-corrected chi connectivity index (χ2v) is 8.11. The lowest BCUT2D eigenvalue weighted by Crippen LogP contribution is -2.59. The summed E-state index contributed by atoms with van der Waals surface area (Å²) in [5.74, 6) is 0. The van der Waals surface area contributed by atoms with E-state index in [4.69, 9.17) is 4.74 Å². The summed E-state index contributed by atoms with van der Waals surface area (Å²) in [7, 11) is 0. The van der Waals surface area contributed by atoms with Gasteiger partial charge >= 0.3 is 0 Å². The highest BCUT2D eigenvalue weighted by molar-refractivity contribution is 5.97. The number of aliphatic hydroxyl groups is 5. The average molecular weight is 425 g/mol. The van der Waals surface area contributed by atoms with Gasteiger partial charge < -0.3 is 30.3 Å². The Hall–Kier alpha value is -2.39. The molecule has 4 rings (SSSR count). The van der Waals surface area contributed by atoms with Gasteiger partial charge in [0.25, 0.3) is 0 Å². The third kappa shape index (κ3) is 3.85. The monoisotopic (exact) mass is 425 g/mol. The Labute approximate surface area is 180 Å². The van der Waals surface area contributed by atoms with Crippen molar-refractivity contribution in [2.24, 2.45) is 0 Å². The molecule has 164 valence electrons. The first-order valence-electron chi connectivity index (χ1n) is 10.3. The first-order valence-corrected chi connectivity index (χ1v) is 10.3. The van der Waals surface area contributed by atoms with Crippen LogP contribution in [0.1, 0.15) is 22.9 Å². The standard InChI is InChI=1S/C24H27NO6/c1-12-10-14(17-5-3-4-16-13(2)25-9-8-18(16)17)6-7-15(12)20(27)24-23(30)22(29)21(28)19(11-26)31-24/h3-10,19-24,26-30H,11H2,1-2H3/t19?,20-,21-,22+,23?,24-/m1/s1. The summed E-state index contributed by atoms with van der Waals surface area (Å²) in [6.45, 7) is 3.28. The van der Waals surface area contributed by atoms with Crippen LogP contribution in [0, 0.1) is 13.8 Å². The molecule has 1 aliphatic heterocycles. The molecule has 0 saturated carbocycles. The molecule has 2 aromatic carbocycles. The van der Waals surface area contributed by atoms with Gasteiger partial charge in [0.2, 0.25) is 0 Å². The lowest BCUT2D eigenvalue weighted by atomic mass is 9.87. The van der Waals surface area contributed by atoms with Crippen molar-refractivity contribution >= 4 is 10.8 Å². The zero-order valence-electron chi connectivity index (χ0n) is 17.4. The number of aryl methyl sites for hydroxylation is 2. The summed E-state index contributed by atoms with van der Waals surface area (Å²) in [6, 6.07) is 13.6. The maximum Gasteiger partial charge on any atom is 0.117 e. The van der Waals surface area contributed by atoms with E-state index < -0.39 is 43.2 Å². The number of hydrogen-bond acceptors (Lipinski definition) is 7. The molecule has 2 unspecified atom stereocenters. The molecule has 1 saturated heterocycles. The van der Waals surface area contributed by atoms with Crippen molar-refractivity contribution in [1.29, 1.82) is 0 Å². The van der Waals surface area contributed by atoms with Crippen LogP contribution in [0.5, 0.6) is 0 Å². The van der Waals surface area contributed by atoms with Gasteiger partial charge in [0.1, 0.15) is 36.6 Å². The van der Waals surface area contributed by atoms with Crippen molar-refractivity contribution in [2.45, 2.75) is 50.5 Å². The maximum atomic E-state index is 10.9. The number of aliphatic hydroxyl groups excluding tert-OH is 5. The van der Waals surface area contributed by atoms with E-state index in [2.05, 4.69) is 4.98 Å². The van der Waals surface area contributed by atoms with Gasteiger partial charge in [0, 0.05) is 17.3 Å². The number of ether oxygens (including phenoxy) is 1. The van der Waals surface area contributed by atoms with Crippen LogP contribution in [0.4, 0.5) is 0 Å². The molecule has 0 spiro atoms. The van der Waals surface area contributed by atoms with Gasteiger partial charge in [-0.05, 0) is 47.6 Å². The Morgan fingerprint density at radius 3 is 2.45 bits per heavy atom. The summed E-state index contributed by atoms with van der Waals surface area (Å²) in [6.07, 6.45) is -6.21. The fraction of sp³-hybridized carbons (Fsp3) is 0.375. The highest BCUT2D eigenvalue weighted by Gasteiger charge is 2.46. The molecule has 0 aliphatic carbocycles. The van der Waals surface area contributed by atoms with Crippen molar-refractivity contribution in [3.05, 3.63) is 65.5 Å². The quantitative estimate of drug-likeness (QED) is 0.428. The van der Waals surface area contributed by atoms with E-state index in [1.54, 1.807) is 12.3 Å². The normalized spacial score (nSPS) is 27.4. The van der Waals surface area contributed by atoms with Crippen molar-refractivity contribution in [3.8, 4) is 11.1 Å². The zero-order chi connectivity index (χ0) is 22.3. The van der Waals surface area contributed by atoms with Gasteiger partial charge in [-0.1, -0.05) is 36.4 Å². The molecule has 0 radical (unpaired) electrons. The van der Waals surface area contributed by atoms with E-state index >= 15 is 0 Å². The fourth-order valence-corrected chi connectivity index (χ4v) is 4.35. The van der Waals surface area contributed by atoms with Crippen LogP contribution in [-0.4, -0.2) is 67.6 Å². The average Bonchev–Trinajstić information content (AvgIpc) is 2.77. The van der Waals surface area contributed by atoms with Gasteiger partial charge in [0.15, 0.2) is 0 Å². The minimum Gasteiger partial charge on any atom is -0.394 e. The molecule has 5 N–H and O–H groups in total. The van der Waals surface area contributed by atoms with Crippen LogP contribution in [-0.2, 0) is 4.74 Å². The molecule has 1 fully saturated rings. The lowest BCUT2D eigenvalue weighted by molar-refractivity contribution is -0.250. The third-order valence-corrected chi connectivity index (χ3v) is 6.15. The van der Waals surface area contributed by atoms with E-state index in [9.17, 15) is 25.5 Å². The van der Waals surface area contributed by atoms with Gasteiger partial charge in [0.05, 0.1) is 6.61 Å². The molecule has 31 heavy (non-hydrogen) atoms.